The molecule has 0 rings (SSSR count). The van der Waals surface area contributed by atoms with Crippen LogP contribution < -0.4 is 0 Å². The fraction of sp³-hybridized carbons (Fsp3) is 0.944. The molecule has 19 heteroatoms. The monoisotopic (exact) mass is 1340 g/mol. The zero-order valence-electron chi connectivity index (χ0n) is 59.5. The van der Waals surface area contributed by atoms with Crippen LogP contribution in [0.5, 0.6) is 0 Å². The second-order valence-corrected chi connectivity index (χ2v) is 30.3. The van der Waals surface area contributed by atoms with E-state index in [2.05, 4.69) is 55.4 Å². The summed E-state index contributed by atoms with van der Waals surface area (Å²) in [6, 6.07) is 0. The number of phosphoric acid groups is 2. The largest absolute Gasteiger partial charge is 0.472 e. The summed E-state index contributed by atoms with van der Waals surface area (Å²) in [6.45, 7) is 14.1. The molecule has 0 aromatic heterocycles. The number of aliphatic hydroxyl groups is 1. The lowest BCUT2D eigenvalue weighted by molar-refractivity contribution is -0.161. The standard InChI is InChI=1S/C72H140O17P2/c1-9-64(7)50-42-34-26-22-23-27-36-44-52-69(74)82-58-67(88-72(77)55-47-39-29-21-17-13-15-19-25-33-41-49-63(5)6)60-86-90(78,79)84-56-66(73)57-85-91(80,81)87-61-68(59-83-70(75)53-45-37-31-30-35-43-51-65(8)10-2)89-71(76)54-46-38-28-20-16-12-11-14-18-24-32-40-48-62(3)4/h62-68,73H,9-61H2,1-8H3,(H,78,79)(H,80,81)/t64?,65?,66-,67-,68-/m1/s1. The Balaban J connectivity index is 5.27. The van der Waals surface area contributed by atoms with Gasteiger partial charge in [-0.15, -0.1) is 0 Å². The van der Waals surface area contributed by atoms with Gasteiger partial charge in [-0.3, -0.25) is 37.3 Å². The van der Waals surface area contributed by atoms with E-state index in [0.717, 1.165) is 120 Å². The summed E-state index contributed by atoms with van der Waals surface area (Å²) in [7, 11) is -9.91. The van der Waals surface area contributed by atoms with Crippen molar-refractivity contribution in [3.63, 3.8) is 0 Å². The molecule has 3 N–H and O–H groups in total. The highest BCUT2D eigenvalue weighted by Crippen LogP contribution is 2.45. The summed E-state index contributed by atoms with van der Waals surface area (Å²) in [4.78, 5) is 72.6. The van der Waals surface area contributed by atoms with Crippen molar-refractivity contribution in [1.82, 2.24) is 0 Å². The Morgan fingerprint density at radius 1 is 0.308 bits per heavy atom. The highest BCUT2D eigenvalue weighted by atomic mass is 31.2. The minimum atomic E-state index is -4.95. The minimum absolute atomic E-state index is 0.105. The molecule has 540 valence electrons. The van der Waals surface area contributed by atoms with Crippen molar-refractivity contribution in [3.8, 4) is 0 Å². The second-order valence-electron chi connectivity index (χ2n) is 27.4. The van der Waals surface area contributed by atoms with Crippen LogP contribution in [0.3, 0.4) is 0 Å². The van der Waals surface area contributed by atoms with Crippen molar-refractivity contribution >= 4 is 39.5 Å². The summed E-state index contributed by atoms with van der Waals surface area (Å²) >= 11 is 0. The average Bonchev–Trinajstić information content (AvgIpc) is 3.67. The van der Waals surface area contributed by atoms with E-state index in [0.29, 0.717) is 25.7 Å². The number of aliphatic hydroxyl groups excluding tert-OH is 1. The van der Waals surface area contributed by atoms with Crippen molar-refractivity contribution in [2.75, 3.05) is 39.6 Å². The van der Waals surface area contributed by atoms with Gasteiger partial charge in [0.15, 0.2) is 12.2 Å². The van der Waals surface area contributed by atoms with E-state index in [1.807, 2.05) is 0 Å². The van der Waals surface area contributed by atoms with Gasteiger partial charge in [-0.1, -0.05) is 306 Å². The van der Waals surface area contributed by atoms with Gasteiger partial charge >= 0.3 is 39.5 Å². The summed E-state index contributed by atoms with van der Waals surface area (Å²) in [5.74, 6) is 0.923. The molecule has 0 aliphatic carbocycles. The van der Waals surface area contributed by atoms with Gasteiger partial charge in [0, 0.05) is 25.7 Å². The Morgan fingerprint density at radius 3 is 0.780 bits per heavy atom. The van der Waals surface area contributed by atoms with Crippen LogP contribution in [0.1, 0.15) is 357 Å². The third-order valence-corrected chi connectivity index (χ3v) is 19.2. The number of phosphoric ester groups is 2. The molecule has 0 spiro atoms. The molecule has 0 radical (unpaired) electrons. The average molecular weight is 1340 g/mol. The molecule has 0 aromatic carbocycles. The Hall–Kier alpha value is -1.94. The summed E-state index contributed by atoms with van der Waals surface area (Å²) < 4.78 is 68.4. The molecule has 0 aliphatic rings. The van der Waals surface area contributed by atoms with Crippen LogP contribution in [-0.4, -0.2) is 96.7 Å². The van der Waals surface area contributed by atoms with Crippen LogP contribution in [0.25, 0.3) is 0 Å². The fourth-order valence-corrected chi connectivity index (χ4v) is 12.4. The van der Waals surface area contributed by atoms with Gasteiger partial charge < -0.3 is 33.8 Å². The lowest BCUT2D eigenvalue weighted by Gasteiger charge is -2.21. The Morgan fingerprint density at radius 2 is 0.527 bits per heavy atom. The van der Waals surface area contributed by atoms with E-state index in [-0.39, 0.29) is 25.7 Å². The van der Waals surface area contributed by atoms with Crippen LogP contribution in [0.4, 0.5) is 0 Å². The van der Waals surface area contributed by atoms with Gasteiger partial charge in [0.25, 0.3) is 0 Å². The van der Waals surface area contributed by atoms with E-state index in [9.17, 15) is 43.2 Å². The van der Waals surface area contributed by atoms with Crippen LogP contribution in [0.15, 0.2) is 0 Å². The van der Waals surface area contributed by atoms with E-state index >= 15 is 0 Å². The number of carbonyl (C=O) groups is 4. The smallest absolute Gasteiger partial charge is 0.462 e. The van der Waals surface area contributed by atoms with Crippen LogP contribution in [0, 0.1) is 23.7 Å². The van der Waals surface area contributed by atoms with Crippen LogP contribution in [-0.2, 0) is 65.4 Å². The highest BCUT2D eigenvalue weighted by Gasteiger charge is 2.30. The number of esters is 4. The van der Waals surface area contributed by atoms with Gasteiger partial charge in [-0.05, 0) is 49.4 Å². The Labute approximate surface area is 556 Å². The summed E-state index contributed by atoms with van der Waals surface area (Å²) in [6.07, 6.45) is 44.3. The van der Waals surface area contributed by atoms with Crippen molar-refractivity contribution in [3.05, 3.63) is 0 Å². The molecule has 0 bridgehead atoms. The van der Waals surface area contributed by atoms with Gasteiger partial charge in [0.2, 0.25) is 0 Å². The number of ether oxygens (including phenoxy) is 4. The fourth-order valence-electron chi connectivity index (χ4n) is 10.8. The van der Waals surface area contributed by atoms with Crippen LogP contribution >= 0.6 is 15.6 Å². The lowest BCUT2D eigenvalue weighted by atomic mass is 9.99. The maximum absolute atomic E-state index is 13.0. The number of carbonyl (C=O) groups excluding carboxylic acids is 4. The molecule has 0 aromatic rings. The topological polar surface area (TPSA) is 237 Å². The number of hydrogen-bond donors (Lipinski definition) is 3. The summed E-state index contributed by atoms with van der Waals surface area (Å²) in [5, 5.41) is 10.6. The minimum Gasteiger partial charge on any atom is -0.462 e. The molecular formula is C72H140O17P2. The Bertz CT molecular complexity index is 1800. The lowest BCUT2D eigenvalue weighted by Crippen LogP contribution is -2.30. The second kappa shape index (κ2) is 61.6. The predicted octanol–water partition coefficient (Wildman–Crippen LogP) is 20.5. The van der Waals surface area contributed by atoms with Crippen molar-refractivity contribution in [1.29, 1.82) is 0 Å². The maximum atomic E-state index is 13.0. The Kier molecular flexibility index (Phi) is 60.3. The molecule has 0 aliphatic heterocycles. The molecule has 0 saturated carbocycles. The third kappa shape index (κ3) is 63.9. The first-order valence-electron chi connectivity index (χ1n) is 37.3. The number of unbranched alkanes of at least 4 members (excludes halogenated alkanes) is 33. The molecule has 0 heterocycles. The SMILES string of the molecule is CCC(C)CCCCCCCCCCC(=O)OC[C@H](COP(=O)(O)OC[C@@H](O)COP(=O)(O)OC[C@@H](COC(=O)CCCCCCCCC(C)CC)OC(=O)CCCCCCCCCCCCCCC(C)C)OC(=O)CCCCCCCCCCCCCC(C)C. The van der Waals surface area contributed by atoms with E-state index in [1.54, 1.807) is 0 Å². The van der Waals surface area contributed by atoms with Gasteiger partial charge in [-0.2, -0.15) is 0 Å². The van der Waals surface area contributed by atoms with Crippen molar-refractivity contribution < 1.29 is 80.2 Å². The van der Waals surface area contributed by atoms with Gasteiger partial charge in [0.05, 0.1) is 26.4 Å². The van der Waals surface area contributed by atoms with E-state index < -0.39 is 97.5 Å². The molecule has 0 saturated heterocycles. The molecule has 7 atom stereocenters. The number of hydrogen-bond acceptors (Lipinski definition) is 15. The first-order chi connectivity index (χ1) is 43.7. The molecule has 0 amide bonds. The first-order valence-corrected chi connectivity index (χ1v) is 40.3. The molecule has 4 unspecified atom stereocenters. The quantitative estimate of drug-likeness (QED) is 0.0222. The van der Waals surface area contributed by atoms with Crippen molar-refractivity contribution in [2.24, 2.45) is 23.7 Å². The maximum Gasteiger partial charge on any atom is 0.472 e. The number of rotatable bonds is 69. The molecular weight excluding hydrogens is 1200 g/mol. The summed E-state index contributed by atoms with van der Waals surface area (Å²) in [5.41, 5.74) is 0. The third-order valence-electron chi connectivity index (χ3n) is 17.3. The molecule has 91 heavy (non-hydrogen) atoms. The normalized spacial score (nSPS) is 14.8. The van der Waals surface area contributed by atoms with Gasteiger partial charge in [0.1, 0.15) is 19.3 Å². The van der Waals surface area contributed by atoms with E-state index in [1.165, 1.54) is 154 Å². The van der Waals surface area contributed by atoms with Crippen LogP contribution in [0.2, 0.25) is 0 Å². The predicted molar refractivity (Wildman–Crippen MR) is 367 cm³/mol. The highest BCUT2D eigenvalue weighted by molar-refractivity contribution is 7.47. The molecule has 0 fully saturated rings. The zero-order chi connectivity index (χ0) is 67.5. The zero-order valence-corrected chi connectivity index (χ0v) is 61.3. The molecule has 17 nitrogen and oxygen atoms in total. The first kappa shape index (κ1) is 89.1. The van der Waals surface area contributed by atoms with Gasteiger partial charge in [-0.25, -0.2) is 9.13 Å². The van der Waals surface area contributed by atoms with E-state index in [4.69, 9.17) is 37.0 Å². The van der Waals surface area contributed by atoms with Crippen molar-refractivity contribution in [2.45, 2.75) is 375 Å².